The molecule has 0 aliphatic carbocycles. The van der Waals surface area contributed by atoms with Crippen molar-refractivity contribution >= 4 is 23.0 Å². The highest BCUT2D eigenvalue weighted by atomic mass is 16.5. The molecule has 0 unspecified atom stereocenters. The first-order valence-corrected chi connectivity index (χ1v) is 12.5. The number of ether oxygens (including phenoxy) is 1. The molecule has 4 rings (SSSR count). The minimum atomic E-state index is -0.227. The predicted molar refractivity (Wildman–Crippen MR) is 132 cm³/mol. The van der Waals surface area contributed by atoms with Crippen molar-refractivity contribution in [2.45, 2.75) is 32.6 Å². The van der Waals surface area contributed by atoms with Crippen LogP contribution in [0.4, 0.5) is 4.79 Å². The Labute approximate surface area is 201 Å². The van der Waals surface area contributed by atoms with Gasteiger partial charge in [-0.1, -0.05) is 19.9 Å². The van der Waals surface area contributed by atoms with E-state index >= 15 is 0 Å². The molecule has 9 heteroatoms. The summed E-state index contributed by atoms with van der Waals surface area (Å²) >= 11 is 0. The molecule has 0 atom stereocenters. The van der Waals surface area contributed by atoms with Crippen LogP contribution in [0.15, 0.2) is 18.2 Å². The normalized spacial score (nSPS) is 18.5. The summed E-state index contributed by atoms with van der Waals surface area (Å²) in [6, 6.07) is 5.74. The molecule has 0 bridgehead atoms. The molecule has 2 amide bonds. The Morgan fingerprint density at radius 2 is 1.76 bits per heavy atom. The van der Waals surface area contributed by atoms with E-state index in [2.05, 4.69) is 38.9 Å². The molecule has 34 heavy (non-hydrogen) atoms. The smallest absolute Gasteiger partial charge is 0.409 e. The monoisotopic (exact) mass is 470 g/mol. The van der Waals surface area contributed by atoms with Gasteiger partial charge in [-0.15, -0.1) is 0 Å². The van der Waals surface area contributed by atoms with Crippen LogP contribution in [0, 0.1) is 5.92 Å². The molecule has 2 aromatic rings. The van der Waals surface area contributed by atoms with Gasteiger partial charge in [-0.2, -0.15) is 0 Å². The number of carbonyl (C=O) groups excluding carboxylic acids is 2. The second-order valence-electron chi connectivity index (χ2n) is 9.77. The fraction of sp³-hybridized carbons (Fsp3) is 0.640. The number of carbonyl (C=O) groups is 2. The van der Waals surface area contributed by atoms with Crippen molar-refractivity contribution < 1.29 is 14.3 Å². The van der Waals surface area contributed by atoms with E-state index in [0.717, 1.165) is 82.1 Å². The van der Waals surface area contributed by atoms with Gasteiger partial charge in [0, 0.05) is 51.7 Å². The standard InChI is InChI=1S/C25H38N6O3/c1-18(2)23-27-21-6-4-5-20(22(21)28-23)24(32)26-17-19-7-9-29(10-8-19)11-12-30-13-15-31(16-14-30)25(33)34-3/h4-6,18-19H,7-17H2,1-3H3,(H,26,32)(H,27,28). The number of aromatic amines is 1. The number of rotatable bonds is 7. The van der Waals surface area contributed by atoms with Crippen molar-refractivity contribution in [1.82, 2.24) is 30.0 Å². The number of piperazine rings is 1. The molecule has 2 aliphatic rings. The average molecular weight is 471 g/mol. The summed E-state index contributed by atoms with van der Waals surface area (Å²) in [6.07, 6.45) is 1.97. The molecule has 2 fully saturated rings. The molecule has 1 aromatic heterocycles. The van der Waals surface area contributed by atoms with Crippen LogP contribution in [0.5, 0.6) is 0 Å². The van der Waals surface area contributed by atoms with Gasteiger partial charge in [-0.3, -0.25) is 9.69 Å². The summed E-state index contributed by atoms with van der Waals surface area (Å²) in [6.45, 7) is 12.4. The third-order valence-electron chi connectivity index (χ3n) is 7.12. The third-order valence-corrected chi connectivity index (χ3v) is 7.12. The fourth-order valence-corrected chi connectivity index (χ4v) is 4.82. The molecule has 0 spiro atoms. The van der Waals surface area contributed by atoms with E-state index in [1.54, 1.807) is 4.90 Å². The van der Waals surface area contributed by atoms with Crippen molar-refractivity contribution in [2.24, 2.45) is 5.92 Å². The van der Waals surface area contributed by atoms with Crippen LogP contribution in [-0.4, -0.2) is 103 Å². The number of hydrogen-bond acceptors (Lipinski definition) is 6. The number of nitrogens with one attached hydrogen (secondary N) is 2. The highest BCUT2D eigenvalue weighted by molar-refractivity contribution is 6.04. The van der Waals surface area contributed by atoms with E-state index in [0.29, 0.717) is 18.0 Å². The molecule has 186 valence electrons. The minimum absolute atomic E-state index is 0.0408. The molecule has 0 radical (unpaired) electrons. The largest absolute Gasteiger partial charge is 0.453 e. The lowest BCUT2D eigenvalue weighted by molar-refractivity contribution is 0.0826. The van der Waals surface area contributed by atoms with Gasteiger partial charge in [0.05, 0.1) is 18.2 Å². The van der Waals surface area contributed by atoms with Crippen molar-refractivity contribution in [3.05, 3.63) is 29.6 Å². The highest BCUT2D eigenvalue weighted by Crippen LogP contribution is 2.21. The highest BCUT2D eigenvalue weighted by Gasteiger charge is 2.24. The second-order valence-corrected chi connectivity index (χ2v) is 9.77. The molecule has 2 N–H and O–H groups in total. The fourth-order valence-electron chi connectivity index (χ4n) is 4.82. The van der Waals surface area contributed by atoms with Crippen LogP contribution in [0.25, 0.3) is 11.0 Å². The van der Waals surface area contributed by atoms with Gasteiger partial charge in [-0.05, 0) is 44.0 Å². The summed E-state index contributed by atoms with van der Waals surface area (Å²) in [5.41, 5.74) is 2.31. The first kappa shape index (κ1) is 24.5. The lowest BCUT2D eigenvalue weighted by Gasteiger charge is -2.36. The molecule has 2 saturated heterocycles. The number of piperidine rings is 1. The maximum Gasteiger partial charge on any atom is 0.409 e. The van der Waals surface area contributed by atoms with E-state index in [9.17, 15) is 9.59 Å². The predicted octanol–water partition coefficient (Wildman–Crippen LogP) is 2.51. The summed E-state index contributed by atoms with van der Waals surface area (Å²) in [4.78, 5) is 39.2. The first-order valence-electron chi connectivity index (χ1n) is 12.5. The summed E-state index contributed by atoms with van der Waals surface area (Å²) < 4.78 is 4.81. The van der Waals surface area contributed by atoms with Crippen LogP contribution in [-0.2, 0) is 4.74 Å². The Morgan fingerprint density at radius 3 is 2.41 bits per heavy atom. The zero-order valence-corrected chi connectivity index (χ0v) is 20.7. The second kappa shape index (κ2) is 11.2. The van der Waals surface area contributed by atoms with E-state index in [-0.39, 0.29) is 17.9 Å². The lowest BCUT2D eigenvalue weighted by atomic mass is 9.96. The molecule has 2 aliphatic heterocycles. The van der Waals surface area contributed by atoms with E-state index < -0.39 is 0 Å². The van der Waals surface area contributed by atoms with Gasteiger partial charge in [0.2, 0.25) is 0 Å². The van der Waals surface area contributed by atoms with Crippen LogP contribution in [0.3, 0.4) is 0 Å². The van der Waals surface area contributed by atoms with Gasteiger partial charge >= 0.3 is 6.09 Å². The van der Waals surface area contributed by atoms with Gasteiger partial charge in [0.15, 0.2) is 0 Å². The number of aromatic nitrogens is 2. The van der Waals surface area contributed by atoms with Gasteiger partial charge in [-0.25, -0.2) is 9.78 Å². The SMILES string of the molecule is COC(=O)N1CCN(CCN2CCC(CNC(=O)c3cccc4[nH]c(C(C)C)nc34)CC2)CC1. The Kier molecular flexibility index (Phi) is 8.05. The first-order chi connectivity index (χ1) is 16.4. The Bertz CT molecular complexity index is 974. The van der Waals surface area contributed by atoms with Crippen molar-refractivity contribution in [3.8, 4) is 0 Å². The number of likely N-dealkylation sites (tertiary alicyclic amines) is 1. The minimum Gasteiger partial charge on any atom is -0.453 e. The van der Waals surface area contributed by atoms with Gasteiger partial charge in [0.25, 0.3) is 5.91 Å². The quantitative estimate of drug-likeness (QED) is 0.646. The average Bonchev–Trinajstić information content (AvgIpc) is 3.31. The number of methoxy groups -OCH3 is 1. The number of amides is 2. The molecule has 1 aromatic carbocycles. The number of fused-ring (bicyclic) bond motifs is 1. The zero-order valence-electron chi connectivity index (χ0n) is 20.7. The van der Waals surface area contributed by atoms with E-state index in [1.165, 1.54) is 7.11 Å². The van der Waals surface area contributed by atoms with E-state index in [4.69, 9.17) is 4.74 Å². The van der Waals surface area contributed by atoms with Crippen molar-refractivity contribution in [1.29, 1.82) is 0 Å². The number of H-pyrrole nitrogens is 1. The molecule has 9 nitrogen and oxygen atoms in total. The maximum absolute atomic E-state index is 12.9. The molecule has 3 heterocycles. The number of nitrogens with zero attached hydrogens (tertiary/aromatic N) is 4. The summed E-state index contributed by atoms with van der Waals surface area (Å²) in [7, 11) is 1.44. The van der Waals surface area contributed by atoms with E-state index in [1.807, 2.05) is 18.2 Å². The van der Waals surface area contributed by atoms with Crippen LogP contribution < -0.4 is 5.32 Å². The van der Waals surface area contributed by atoms with Crippen LogP contribution >= 0.6 is 0 Å². The van der Waals surface area contributed by atoms with Crippen molar-refractivity contribution in [3.63, 3.8) is 0 Å². The summed E-state index contributed by atoms with van der Waals surface area (Å²) in [5, 5.41) is 3.15. The topological polar surface area (TPSA) is 93.8 Å². The molecule has 0 saturated carbocycles. The van der Waals surface area contributed by atoms with Crippen LogP contribution in [0.2, 0.25) is 0 Å². The van der Waals surface area contributed by atoms with Crippen molar-refractivity contribution in [2.75, 3.05) is 66.0 Å². The van der Waals surface area contributed by atoms with Crippen LogP contribution in [0.1, 0.15) is 48.8 Å². The summed E-state index contributed by atoms with van der Waals surface area (Å²) in [5.74, 6) is 1.67. The Hall–Kier alpha value is -2.65. The third kappa shape index (κ3) is 5.88. The molecular weight excluding hydrogens is 432 g/mol. The van der Waals surface area contributed by atoms with Gasteiger partial charge < -0.3 is 24.8 Å². The Balaban J connectivity index is 1.18. The number of para-hydroxylation sites is 1. The Morgan fingerprint density at radius 1 is 1.09 bits per heavy atom. The number of benzene rings is 1. The number of hydrogen-bond donors (Lipinski definition) is 2. The molecular formula is C25H38N6O3. The van der Waals surface area contributed by atoms with Gasteiger partial charge in [0.1, 0.15) is 11.3 Å². The lowest BCUT2D eigenvalue weighted by Crippen LogP contribution is -2.50. The maximum atomic E-state index is 12.9. The zero-order chi connectivity index (χ0) is 24.1. The number of imidazole rings is 1.